The number of unbranched alkanes of at least 4 members (excludes halogenated alkanes) is 13. The lowest BCUT2D eigenvalue weighted by Gasteiger charge is -2.55. The van der Waals surface area contributed by atoms with Gasteiger partial charge in [0.2, 0.25) is 0 Å². The minimum Gasteiger partial charge on any atom is -0.481 e. The van der Waals surface area contributed by atoms with Gasteiger partial charge in [0, 0.05) is 0 Å². The molecule has 2 nitrogen and oxygen atoms in total. The third-order valence-electron chi connectivity index (χ3n) is 10.9. The first-order valence-electron chi connectivity index (χ1n) is 17.8. The summed E-state index contributed by atoms with van der Waals surface area (Å²) in [5, 5.41) is 10.6. The molecule has 2 aliphatic carbocycles. The Kier molecular flexibility index (Phi) is 18.0. The molecule has 0 heterocycles. The minimum absolute atomic E-state index is 0.0721. The van der Waals surface area contributed by atoms with Crippen LogP contribution < -0.4 is 0 Å². The molecule has 5 atom stereocenters. The van der Waals surface area contributed by atoms with Gasteiger partial charge in [-0.1, -0.05) is 156 Å². The van der Waals surface area contributed by atoms with Gasteiger partial charge in [0.05, 0.1) is 5.92 Å². The average Bonchev–Trinajstić information content (AvgIpc) is 2.89. The number of rotatable bonds is 20. The van der Waals surface area contributed by atoms with Crippen molar-refractivity contribution in [3.8, 4) is 0 Å². The van der Waals surface area contributed by atoms with Crippen molar-refractivity contribution in [3.05, 3.63) is 0 Å². The van der Waals surface area contributed by atoms with Crippen LogP contribution in [0, 0.1) is 29.1 Å². The summed E-state index contributed by atoms with van der Waals surface area (Å²) in [6.45, 7) is 6.94. The van der Waals surface area contributed by atoms with Crippen LogP contribution in [0.3, 0.4) is 0 Å². The standard InChI is InChI=1S/C36H68O2/c1-4-7-10-13-14-15-16-21-26-33-32(25-20-12-9-6-3)31(24-19-11-8-5-2)28-30-36(33)29-23-18-17-22-27-34(36)35(37)38/h31-34H,4-30H2,1-3H3,(H,37,38). The number of carboxylic acids is 1. The second kappa shape index (κ2) is 20.4. The number of carbonyl (C=O) groups is 1. The molecule has 0 amide bonds. The highest BCUT2D eigenvalue weighted by molar-refractivity contribution is 5.71. The predicted octanol–water partition coefficient (Wildman–Crippen LogP) is 12.1. The zero-order chi connectivity index (χ0) is 27.5. The van der Waals surface area contributed by atoms with Crippen molar-refractivity contribution in [1.29, 1.82) is 0 Å². The summed E-state index contributed by atoms with van der Waals surface area (Å²) in [5.74, 6) is 1.71. The lowest BCUT2D eigenvalue weighted by molar-refractivity contribution is -0.156. The van der Waals surface area contributed by atoms with E-state index in [9.17, 15) is 9.90 Å². The van der Waals surface area contributed by atoms with Crippen LogP contribution >= 0.6 is 0 Å². The van der Waals surface area contributed by atoms with Crippen molar-refractivity contribution in [2.24, 2.45) is 29.1 Å². The molecule has 0 aromatic rings. The topological polar surface area (TPSA) is 37.3 Å². The van der Waals surface area contributed by atoms with E-state index in [1.54, 1.807) is 0 Å². The molecule has 2 fully saturated rings. The van der Waals surface area contributed by atoms with Crippen molar-refractivity contribution in [2.45, 2.75) is 194 Å². The molecule has 2 heteroatoms. The summed E-state index contributed by atoms with van der Waals surface area (Å²) < 4.78 is 0. The quantitative estimate of drug-likeness (QED) is 0.158. The molecule has 2 rings (SSSR count). The summed E-state index contributed by atoms with van der Waals surface area (Å²) in [4.78, 5) is 12.9. The maximum Gasteiger partial charge on any atom is 0.307 e. The Bertz CT molecular complexity index is 586. The van der Waals surface area contributed by atoms with Gasteiger partial charge in [-0.25, -0.2) is 0 Å². The maximum absolute atomic E-state index is 12.9. The highest BCUT2D eigenvalue weighted by Crippen LogP contribution is 2.59. The zero-order valence-corrected chi connectivity index (χ0v) is 26.3. The van der Waals surface area contributed by atoms with Crippen LogP contribution in [0.2, 0.25) is 0 Å². The van der Waals surface area contributed by atoms with E-state index in [4.69, 9.17) is 0 Å². The predicted molar refractivity (Wildman–Crippen MR) is 166 cm³/mol. The largest absolute Gasteiger partial charge is 0.481 e. The molecule has 1 N–H and O–H groups in total. The minimum atomic E-state index is -0.459. The van der Waals surface area contributed by atoms with E-state index in [1.165, 1.54) is 161 Å². The number of aliphatic carboxylic acids is 1. The molecule has 0 aliphatic heterocycles. The van der Waals surface area contributed by atoms with Crippen LogP contribution in [0.4, 0.5) is 0 Å². The Morgan fingerprint density at radius 2 is 1.13 bits per heavy atom. The second-order valence-corrected chi connectivity index (χ2v) is 13.6. The van der Waals surface area contributed by atoms with E-state index in [1.807, 2.05) is 0 Å². The smallest absolute Gasteiger partial charge is 0.307 e. The van der Waals surface area contributed by atoms with Gasteiger partial charge in [-0.2, -0.15) is 0 Å². The van der Waals surface area contributed by atoms with E-state index in [0.717, 1.165) is 24.7 Å². The van der Waals surface area contributed by atoms with Gasteiger partial charge < -0.3 is 5.11 Å². The van der Waals surface area contributed by atoms with Crippen LogP contribution in [0.1, 0.15) is 194 Å². The SMILES string of the molecule is CCCCCCCCCCC1C(CCCCCC)C(CCCCCC)CCC12CCCCCCC2C(=O)O. The summed E-state index contributed by atoms with van der Waals surface area (Å²) >= 11 is 0. The first-order chi connectivity index (χ1) is 18.6. The molecule has 0 aromatic carbocycles. The van der Waals surface area contributed by atoms with Crippen LogP contribution in [0.25, 0.3) is 0 Å². The normalized spacial score (nSPS) is 28.3. The average molecular weight is 533 g/mol. The Morgan fingerprint density at radius 3 is 1.76 bits per heavy atom. The molecule has 0 saturated heterocycles. The van der Waals surface area contributed by atoms with Gasteiger partial charge in [-0.15, -0.1) is 0 Å². The van der Waals surface area contributed by atoms with E-state index in [-0.39, 0.29) is 11.3 Å². The van der Waals surface area contributed by atoms with E-state index in [0.29, 0.717) is 5.92 Å². The lowest BCUT2D eigenvalue weighted by atomic mass is 9.49. The number of hydrogen-bond acceptors (Lipinski definition) is 1. The Morgan fingerprint density at radius 1 is 0.605 bits per heavy atom. The molecule has 38 heavy (non-hydrogen) atoms. The third-order valence-corrected chi connectivity index (χ3v) is 10.9. The summed E-state index contributed by atoms with van der Waals surface area (Å²) in [7, 11) is 0. The maximum atomic E-state index is 12.9. The Labute approximate surface area is 238 Å². The van der Waals surface area contributed by atoms with Gasteiger partial charge in [0.15, 0.2) is 0 Å². The van der Waals surface area contributed by atoms with Crippen molar-refractivity contribution < 1.29 is 9.90 Å². The molecule has 0 aromatic heterocycles. The molecule has 2 aliphatic rings. The first kappa shape index (κ1) is 33.7. The number of carboxylic acid groups (broad SMARTS) is 1. The van der Waals surface area contributed by atoms with Gasteiger partial charge >= 0.3 is 5.97 Å². The highest BCUT2D eigenvalue weighted by atomic mass is 16.4. The monoisotopic (exact) mass is 533 g/mol. The Hall–Kier alpha value is -0.530. The summed E-state index contributed by atoms with van der Waals surface area (Å²) in [5.41, 5.74) is 0.0721. The van der Waals surface area contributed by atoms with Crippen LogP contribution in [-0.2, 0) is 4.79 Å². The van der Waals surface area contributed by atoms with E-state index >= 15 is 0 Å². The van der Waals surface area contributed by atoms with E-state index < -0.39 is 5.97 Å². The zero-order valence-electron chi connectivity index (χ0n) is 26.3. The summed E-state index contributed by atoms with van der Waals surface area (Å²) in [6.07, 6.45) is 35.6. The lowest BCUT2D eigenvalue weighted by Crippen LogP contribution is -2.50. The van der Waals surface area contributed by atoms with Crippen molar-refractivity contribution in [3.63, 3.8) is 0 Å². The molecular weight excluding hydrogens is 464 g/mol. The molecule has 1 spiro atoms. The van der Waals surface area contributed by atoms with Crippen molar-refractivity contribution in [2.75, 3.05) is 0 Å². The fourth-order valence-electron chi connectivity index (χ4n) is 8.77. The second-order valence-electron chi connectivity index (χ2n) is 13.6. The first-order valence-corrected chi connectivity index (χ1v) is 17.8. The molecule has 5 unspecified atom stereocenters. The fourth-order valence-corrected chi connectivity index (χ4v) is 8.77. The molecule has 2 saturated carbocycles. The Balaban J connectivity index is 2.22. The molecule has 224 valence electrons. The van der Waals surface area contributed by atoms with Crippen LogP contribution in [-0.4, -0.2) is 11.1 Å². The van der Waals surface area contributed by atoms with Gasteiger partial charge in [-0.05, 0) is 61.7 Å². The molecule has 0 bridgehead atoms. The van der Waals surface area contributed by atoms with Crippen molar-refractivity contribution in [1.82, 2.24) is 0 Å². The molecule has 0 radical (unpaired) electrons. The third kappa shape index (κ3) is 11.2. The van der Waals surface area contributed by atoms with Crippen LogP contribution in [0.5, 0.6) is 0 Å². The van der Waals surface area contributed by atoms with E-state index in [2.05, 4.69) is 20.8 Å². The summed E-state index contributed by atoms with van der Waals surface area (Å²) in [6, 6.07) is 0. The van der Waals surface area contributed by atoms with Gasteiger partial charge in [0.25, 0.3) is 0 Å². The van der Waals surface area contributed by atoms with Gasteiger partial charge in [0.1, 0.15) is 0 Å². The highest BCUT2D eigenvalue weighted by Gasteiger charge is 2.53. The van der Waals surface area contributed by atoms with Crippen molar-refractivity contribution >= 4 is 5.97 Å². The number of hydrogen-bond donors (Lipinski definition) is 1. The molecular formula is C36H68O2. The van der Waals surface area contributed by atoms with Gasteiger partial charge in [-0.3, -0.25) is 4.79 Å². The van der Waals surface area contributed by atoms with Crippen LogP contribution in [0.15, 0.2) is 0 Å². The fraction of sp³-hybridized carbons (Fsp3) is 0.972.